The molecule has 0 saturated carbocycles. The lowest BCUT2D eigenvalue weighted by Gasteiger charge is -2.10. The molecule has 3 nitrogen and oxygen atoms in total. The van der Waals surface area contributed by atoms with Crippen LogP contribution in [0, 0.1) is 0 Å². The highest BCUT2D eigenvalue weighted by Crippen LogP contribution is 2.35. The Labute approximate surface area is 178 Å². The van der Waals surface area contributed by atoms with E-state index in [-0.39, 0.29) is 6.61 Å². The van der Waals surface area contributed by atoms with Gasteiger partial charge in [-0.25, -0.2) is 0 Å². The zero-order valence-corrected chi connectivity index (χ0v) is 16.9. The Morgan fingerprint density at radius 2 is 1.71 bits per heavy atom. The smallest absolute Gasteiger partial charge is 0.416 e. The predicted molar refractivity (Wildman–Crippen MR) is 112 cm³/mol. The van der Waals surface area contributed by atoms with Crippen molar-refractivity contribution in [1.82, 2.24) is 0 Å². The minimum absolute atomic E-state index is 0.170. The molecule has 0 radical (unpaired) electrons. The summed E-state index contributed by atoms with van der Waals surface area (Å²) in [4.78, 5) is 0. The van der Waals surface area contributed by atoms with E-state index in [1.54, 1.807) is 6.07 Å². The van der Waals surface area contributed by atoms with Crippen LogP contribution in [0.2, 0.25) is 0 Å². The fourth-order valence-electron chi connectivity index (χ4n) is 3.31. The Bertz CT molecular complexity index is 1090. The van der Waals surface area contributed by atoms with E-state index in [2.05, 4.69) is 0 Å². The number of halogens is 3. The molecule has 0 unspecified atom stereocenters. The maximum absolute atomic E-state index is 12.7. The molecule has 3 aromatic carbocycles. The van der Waals surface area contributed by atoms with Crippen LogP contribution in [-0.4, -0.2) is 6.61 Å². The summed E-state index contributed by atoms with van der Waals surface area (Å²) in [6.45, 7) is 2.72. The van der Waals surface area contributed by atoms with Gasteiger partial charge in [0, 0.05) is 18.1 Å². The van der Waals surface area contributed by atoms with Crippen LogP contribution < -0.4 is 14.2 Å². The van der Waals surface area contributed by atoms with Crippen molar-refractivity contribution >= 4 is 6.08 Å². The van der Waals surface area contributed by atoms with Gasteiger partial charge in [-0.1, -0.05) is 30.3 Å². The third-order valence-corrected chi connectivity index (χ3v) is 4.83. The van der Waals surface area contributed by atoms with Crippen LogP contribution in [0.15, 0.2) is 72.5 Å². The van der Waals surface area contributed by atoms with Crippen molar-refractivity contribution in [2.45, 2.75) is 26.1 Å². The Kier molecular flexibility index (Phi) is 5.89. The van der Waals surface area contributed by atoms with Gasteiger partial charge in [0.25, 0.3) is 0 Å². The van der Waals surface area contributed by atoms with Gasteiger partial charge in [0.2, 0.25) is 0 Å². The largest absolute Gasteiger partial charge is 0.494 e. The molecule has 160 valence electrons. The van der Waals surface area contributed by atoms with Gasteiger partial charge < -0.3 is 14.2 Å². The van der Waals surface area contributed by atoms with E-state index in [0.717, 1.165) is 40.5 Å². The van der Waals surface area contributed by atoms with Gasteiger partial charge >= 0.3 is 6.18 Å². The van der Waals surface area contributed by atoms with Crippen molar-refractivity contribution in [3.05, 3.63) is 94.7 Å². The second-order valence-electron chi connectivity index (χ2n) is 7.15. The first kappa shape index (κ1) is 20.8. The minimum atomic E-state index is -4.34. The van der Waals surface area contributed by atoms with Crippen LogP contribution in [0.1, 0.15) is 29.2 Å². The van der Waals surface area contributed by atoms with E-state index in [0.29, 0.717) is 24.3 Å². The first-order chi connectivity index (χ1) is 14.9. The van der Waals surface area contributed by atoms with Crippen molar-refractivity contribution in [2.75, 3.05) is 6.61 Å². The van der Waals surface area contributed by atoms with E-state index >= 15 is 0 Å². The van der Waals surface area contributed by atoms with Gasteiger partial charge in [0.1, 0.15) is 29.6 Å². The zero-order valence-electron chi connectivity index (χ0n) is 16.9. The van der Waals surface area contributed by atoms with Gasteiger partial charge in [0.05, 0.1) is 12.2 Å². The highest BCUT2D eigenvalue weighted by atomic mass is 19.4. The summed E-state index contributed by atoms with van der Waals surface area (Å²) in [6, 6.07) is 18.3. The molecule has 0 aliphatic carbocycles. The molecular weight excluding hydrogens is 405 g/mol. The maximum Gasteiger partial charge on any atom is 0.416 e. The summed E-state index contributed by atoms with van der Waals surface area (Å²) in [7, 11) is 0. The average Bonchev–Trinajstić information content (AvgIpc) is 3.14. The summed E-state index contributed by atoms with van der Waals surface area (Å²) in [5, 5.41) is 0. The number of allylic oxidation sites excluding steroid dienone is 1. The quantitative estimate of drug-likeness (QED) is 0.441. The molecule has 1 aliphatic heterocycles. The van der Waals surface area contributed by atoms with Gasteiger partial charge in [-0.05, 0) is 54.5 Å². The molecule has 1 aliphatic rings. The van der Waals surface area contributed by atoms with Gasteiger partial charge in [0.15, 0.2) is 0 Å². The standard InChI is InChI=1S/C25H21F3O3/c1-2-29-21-5-3-4-18(12-21)13-23-14-19-8-11-22(15-24(19)31-23)30-16-17-6-9-20(10-7-17)25(26,27)28/h3-13,15H,2,14,16H2,1H3. The Morgan fingerprint density at radius 1 is 0.935 bits per heavy atom. The molecule has 6 heteroatoms. The van der Waals surface area contributed by atoms with E-state index in [1.807, 2.05) is 49.4 Å². The van der Waals surface area contributed by atoms with E-state index in [1.165, 1.54) is 12.1 Å². The summed E-state index contributed by atoms with van der Waals surface area (Å²) < 4.78 is 55.2. The van der Waals surface area contributed by atoms with Crippen molar-refractivity contribution < 1.29 is 27.4 Å². The van der Waals surface area contributed by atoms with Gasteiger partial charge in [-0.3, -0.25) is 0 Å². The zero-order chi connectivity index (χ0) is 21.8. The molecular formula is C25H21F3O3. The maximum atomic E-state index is 12.7. The van der Waals surface area contributed by atoms with E-state index in [4.69, 9.17) is 14.2 Å². The van der Waals surface area contributed by atoms with Gasteiger partial charge in [-0.15, -0.1) is 0 Å². The summed E-state index contributed by atoms with van der Waals surface area (Å²) >= 11 is 0. The number of hydrogen-bond donors (Lipinski definition) is 0. The summed E-state index contributed by atoms with van der Waals surface area (Å²) in [5.74, 6) is 2.95. The third-order valence-electron chi connectivity index (χ3n) is 4.83. The Hall–Kier alpha value is -3.41. The summed E-state index contributed by atoms with van der Waals surface area (Å²) in [5.41, 5.74) is 2.03. The lowest BCUT2D eigenvalue weighted by atomic mass is 10.1. The number of rotatable bonds is 6. The number of hydrogen-bond acceptors (Lipinski definition) is 3. The molecule has 4 rings (SSSR count). The van der Waals surface area contributed by atoms with Crippen LogP contribution in [0.3, 0.4) is 0 Å². The van der Waals surface area contributed by atoms with E-state index in [9.17, 15) is 13.2 Å². The lowest BCUT2D eigenvalue weighted by molar-refractivity contribution is -0.137. The van der Waals surface area contributed by atoms with Crippen LogP contribution in [-0.2, 0) is 19.2 Å². The number of alkyl halides is 3. The van der Waals surface area contributed by atoms with Crippen LogP contribution in [0.4, 0.5) is 13.2 Å². The molecule has 31 heavy (non-hydrogen) atoms. The molecule has 0 fully saturated rings. The number of fused-ring (bicyclic) bond motifs is 1. The number of ether oxygens (including phenoxy) is 3. The third kappa shape index (κ3) is 5.20. The molecule has 0 saturated heterocycles. The normalized spacial score (nSPS) is 14.3. The highest BCUT2D eigenvalue weighted by Gasteiger charge is 2.29. The molecule has 0 spiro atoms. The van der Waals surface area contributed by atoms with Crippen molar-refractivity contribution in [1.29, 1.82) is 0 Å². The first-order valence-corrected chi connectivity index (χ1v) is 9.94. The lowest BCUT2D eigenvalue weighted by Crippen LogP contribution is -2.05. The Balaban J connectivity index is 1.40. The predicted octanol–water partition coefficient (Wildman–Crippen LogP) is 6.66. The Morgan fingerprint density at radius 3 is 2.45 bits per heavy atom. The molecule has 0 aromatic heterocycles. The topological polar surface area (TPSA) is 27.7 Å². The average molecular weight is 426 g/mol. The minimum Gasteiger partial charge on any atom is -0.494 e. The molecule has 1 heterocycles. The first-order valence-electron chi connectivity index (χ1n) is 9.94. The molecule has 0 atom stereocenters. The molecule has 0 amide bonds. The fourth-order valence-corrected chi connectivity index (χ4v) is 3.31. The second-order valence-corrected chi connectivity index (χ2v) is 7.15. The van der Waals surface area contributed by atoms with Crippen LogP contribution >= 0.6 is 0 Å². The SMILES string of the molecule is CCOc1cccc(C=C2Cc3ccc(OCc4ccc(C(F)(F)F)cc4)cc3O2)c1. The van der Waals surface area contributed by atoms with Crippen molar-refractivity contribution in [3.8, 4) is 17.2 Å². The molecule has 3 aromatic rings. The van der Waals surface area contributed by atoms with Crippen molar-refractivity contribution in [2.24, 2.45) is 0 Å². The van der Waals surface area contributed by atoms with Crippen LogP contribution in [0.25, 0.3) is 6.08 Å². The van der Waals surface area contributed by atoms with E-state index < -0.39 is 11.7 Å². The highest BCUT2D eigenvalue weighted by molar-refractivity contribution is 5.58. The summed E-state index contributed by atoms with van der Waals surface area (Å²) in [6.07, 6.45) is -1.69. The number of benzene rings is 3. The second kappa shape index (κ2) is 8.76. The fraction of sp³-hybridized carbons (Fsp3) is 0.200. The molecule has 0 N–H and O–H groups in total. The van der Waals surface area contributed by atoms with Gasteiger partial charge in [-0.2, -0.15) is 13.2 Å². The van der Waals surface area contributed by atoms with Crippen molar-refractivity contribution in [3.63, 3.8) is 0 Å². The monoisotopic (exact) mass is 426 g/mol. The molecule has 0 bridgehead atoms. The van der Waals surface area contributed by atoms with Crippen LogP contribution in [0.5, 0.6) is 17.2 Å².